The molecule has 0 radical (unpaired) electrons. The number of carbonyl (C=O) groups is 3. The first-order chi connectivity index (χ1) is 18.2. The van der Waals surface area contributed by atoms with E-state index in [9.17, 15) is 27.6 Å². The average Bonchev–Trinajstić information content (AvgIpc) is 3.31. The summed E-state index contributed by atoms with van der Waals surface area (Å²) < 4.78 is 46.8. The number of hydrogen-bond donors (Lipinski definition) is 1. The molecule has 0 bridgehead atoms. The van der Waals surface area contributed by atoms with E-state index in [0.29, 0.717) is 0 Å². The van der Waals surface area contributed by atoms with Crippen LogP contribution in [0.4, 0.5) is 23.7 Å². The zero-order valence-corrected chi connectivity index (χ0v) is 22.7. The molecule has 1 aliphatic carbocycles. The molecule has 3 amide bonds. The van der Waals surface area contributed by atoms with Gasteiger partial charge in [0.05, 0.1) is 5.92 Å². The number of nitrogens with one attached hydrogen (secondary N) is 1. The van der Waals surface area contributed by atoms with Crippen molar-refractivity contribution in [3.8, 4) is 0 Å². The molecule has 2 aliphatic rings. The number of halogens is 4. The topological polar surface area (TPSA) is 79.0 Å². The minimum Gasteiger partial charge on any atom is -0.444 e. The Kier molecular flexibility index (Phi) is 8.16. The van der Waals surface area contributed by atoms with Gasteiger partial charge in [-0.05, 0) is 51.5 Å². The standard InChI is InChI=1S/C28H31ClF3N3O4/c1-27(2,3)39-26(38)34-12-11-17(16-34)25(37)35(20-8-6-7-18(30)13-20)23(21-9-4-5-10-22(21)29)24(36)33-19-14-28(31,32)15-19/h4-10,13,17,19,23H,11-12,14-16H2,1-3H3,(H,33,36). The van der Waals surface area contributed by atoms with Crippen LogP contribution in [-0.2, 0) is 14.3 Å². The molecule has 1 N–H and O–H groups in total. The molecule has 1 aliphatic heterocycles. The fraction of sp³-hybridized carbons (Fsp3) is 0.464. The van der Waals surface area contributed by atoms with E-state index in [1.165, 1.54) is 23.1 Å². The number of hydrogen-bond acceptors (Lipinski definition) is 4. The van der Waals surface area contributed by atoms with Crippen LogP contribution >= 0.6 is 11.6 Å². The fourth-order valence-electron chi connectivity index (χ4n) is 4.82. The number of amides is 3. The summed E-state index contributed by atoms with van der Waals surface area (Å²) >= 11 is 6.46. The van der Waals surface area contributed by atoms with E-state index in [1.54, 1.807) is 45.0 Å². The highest BCUT2D eigenvalue weighted by Gasteiger charge is 2.48. The van der Waals surface area contributed by atoms with Gasteiger partial charge in [0, 0.05) is 48.2 Å². The quantitative estimate of drug-likeness (QED) is 0.486. The van der Waals surface area contributed by atoms with Crippen LogP contribution < -0.4 is 10.2 Å². The third-order valence-corrected chi connectivity index (χ3v) is 7.00. The molecule has 4 rings (SSSR count). The maximum absolute atomic E-state index is 14.4. The lowest BCUT2D eigenvalue weighted by Crippen LogP contribution is -2.54. The summed E-state index contributed by atoms with van der Waals surface area (Å²) in [6.07, 6.45) is -1.32. The summed E-state index contributed by atoms with van der Waals surface area (Å²) in [5.74, 6) is -5.49. The summed E-state index contributed by atoms with van der Waals surface area (Å²) in [7, 11) is 0. The Morgan fingerprint density at radius 3 is 2.44 bits per heavy atom. The van der Waals surface area contributed by atoms with Crippen molar-refractivity contribution in [3.05, 3.63) is 64.9 Å². The minimum atomic E-state index is -2.87. The molecule has 0 aromatic heterocycles. The van der Waals surface area contributed by atoms with E-state index >= 15 is 0 Å². The van der Waals surface area contributed by atoms with Crippen molar-refractivity contribution in [1.29, 1.82) is 0 Å². The Balaban J connectivity index is 1.69. The van der Waals surface area contributed by atoms with Crippen molar-refractivity contribution >= 4 is 35.2 Å². The van der Waals surface area contributed by atoms with Gasteiger partial charge in [0.15, 0.2) is 0 Å². The molecule has 2 fully saturated rings. The van der Waals surface area contributed by atoms with Gasteiger partial charge in [-0.1, -0.05) is 35.9 Å². The Morgan fingerprint density at radius 1 is 1.13 bits per heavy atom. The number of rotatable bonds is 6. The highest BCUT2D eigenvalue weighted by Crippen LogP contribution is 2.39. The van der Waals surface area contributed by atoms with Crippen molar-refractivity contribution in [3.63, 3.8) is 0 Å². The number of anilines is 1. The van der Waals surface area contributed by atoms with Crippen molar-refractivity contribution in [2.45, 2.75) is 63.6 Å². The molecule has 1 heterocycles. The molecule has 11 heteroatoms. The van der Waals surface area contributed by atoms with E-state index < -0.39 is 66.1 Å². The molecule has 2 aromatic carbocycles. The van der Waals surface area contributed by atoms with Gasteiger partial charge in [-0.15, -0.1) is 0 Å². The maximum Gasteiger partial charge on any atom is 0.410 e. The third-order valence-electron chi connectivity index (χ3n) is 6.66. The Bertz CT molecular complexity index is 1240. The number of likely N-dealkylation sites (tertiary alicyclic amines) is 1. The van der Waals surface area contributed by atoms with Crippen LogP contribution in [-0.4, -0.2) is 53.5 Å². The van der Waals surface area contributed by atoms with E-state index in [1.807, 2.05) is 0 Å². The van der Waals surface area contributed by atoms with Gasteiger partial charge in [0.25, 0.3) is 5.92 Å². The number of nitrogens with zero attached hydrogens (tertiary/aromatic N) is 2. The lowest BCUT2D eigenvalue weighted by atomic mass is 9.87. The van der Waals surface area contributed by atoms with E-state index in [0.717, 1.165) is 11.0 Å². The van der Waals surface area contributed by atoms with Crippen molar-refractivity contribution in [2.24, 2.45) is 5.92 Å². The van der Waals surface area contributed by atoms with Crippen LogP contribution in [0.25, 0.3) is 0 Å². The van der Waals surface area contributed by atoms with Crippen molar-refractivity contribution in [1.82, 2.24) is 10.2 Å². The first-order valence-corrected chi connectivity index (χ1v) is 13.1. The number of benzene rings is 2. The van der Waals surface area contributed by atoms with Gasteiger partial charge in [0.1, 0.15) is 17.5 Å². The van der Waals surface area contributed by atoms with Crippen LogP contribution in [0.2, 0.25) is 5.02 Å². The highest BCUT2D eigenvalue weighted by molar-refractivity contribution is 6.31. The molecule has 210 valence electrons. The van der Waals surface area contributed by atoms with Crippen LogP contribution in [0.3, 0.4) is 0 Å². The Labute approximate surface area is 230 Å². The predicted molar refractivity (Wildman–Crippen MR) is 140 cm³/mol. The zero-order valence-electron chi connectivity index (χ0n) is 21.9. The second kappa shape index (κ2) is 11.1. The van der Waals surface area contributed by atoms with Gasteiger partial charge >= 0.3 is 6.09 Å². The minimum absolute atomic E-state index is 0.0330. The summed E-state index contributed by atoms with van der Waals surface area (Å²) in [6, 6.07) is 9.43. The van der Waals surface area contributed by atoms with E-state index in [4.69, 9.17) is 16.3 Å². The summed E-state index contributed by atoms with van der Waals surface area (Å²) in [4.78, 5) is 43.0. The van der Waals surface area contributed by atoms with Gasteiger partial charge in [-0.25, -0.2) is 18.0 Å². The molecule has 2 aromatic rings. The second-order valence-corrected chi connectivity index (χ2v) is 11.4. The van der Waals surface area contributed by atoms with Crippen molar-refractivity contribution in [2.75, 3.05) is 18.0 Å². The number of ether oxygens (including phenoxy) is 1. The molecule has 1 saturated heterocycles. The molecule has 2 unspecified atom stereocenters. The summed E-state index contributed by atoms with van der Waals surface area (Å²) in [6.45, 7) is 5.49. The molecule has 39 heavy (non-hydrogen) atoms. The van der Waals surface area contributed by atoms with Crippen LogP contribution in [0.5, 0.6) is 0 Å². The monoisotopic (exact) mass is 565 g/mol. The molecular formula is C28H31ClF3N3O4. The van der Waals surface area contributed by atoms with Crippen molar-refractivity contribution < 1.29 is 32.3 Å². The Hall–Kier alpha value is -3.27. The first-order valence-electron chi connectivity index (χ1n) is 12.7. The molecule has 2 atom stereocenters. The maximum atomic E-state index is 14.4. The number of alkyl halides is 2. The summed E-state index contributed by atoms with van der Waals surface area (Å²) in [5.41, 5.74) is -0.379. The lowest BCUT2D eigenvalue weighted by Gasteiger charge is -2.38. The lowest BCUT2D eigenvalue weighted by molar-refractivity contribution is -0.133. The largest absolute Gasteiger partial charge is 0.444 e. The third kappa shape index (κ3) is 6.84. The van der Waals surface area contributed by atoms with Gasteiger partial charge < -0.3 is 15.0 Å². The number of carbonyl (C=O) groups excluding carboxylic acids is 3. The predicted octanol–water partition coefficient (Wildman–Crippen LogP) is 5.72. The highest BCUT2D eigenvalue weighted by atomic mass is 35.5. The summed E-state index contributed by atoms with van der Waals surface area (Å²) in [5, 5.41) is 2.78. The first kappa shape index (κ1) is 28.7. The Morgan fingerprint density at radius 2 is 1.82 bits per heavy atom. The van der Waals surface area contributed by atoms with Crippen LogP contribution in [0.1, 0.15) is 51.6 Å². The normalized spacial score (nSPS) is 19.7. The van der Waals surface area contributed by atoms with Crippen LogP contribution in [0.15, 0.2) is 48.5 Å². The molecular weight excluding hydrogens is 535 g/mol. The SMILES string of the molecule is CC(C)(C)OC(=O)N1CCC(C(=O)N(c2cccc(F)c2)C(C(=O)NC2CC(F)(F)C2)c2ccccc2Cl)C1. The van der Waals surface area contributed by atoms with E-state index in [2.05, 4.69) is 5.32 Å². The van der Waals surface area contributed by atoms with Gasteiger partial charge in [-0.2, -0.15) is 0 Å². The van der Waals surface area contributed by atoms with Crippen LogP contribution in [0, 0.1) is 11.7 Å². The van der Waals surface area contributed by atoms with Gasteiger partial charge in [-0.3, -0.25) is 14.5 Å². The molecule has 0 spiro atoms. The van der Waals surface area contributed by atoms with Gasteiger partial charge in [0.2, 0.25) is 11.8 Å². The fourth-order valence-corrected chi connectivity index (χ4v) is 5.06. The van der Waals surface area contributed by atoms with E-state index in [-0.39, 0.29) is 35.8 Å². The molecule has 7 nitrogen and oxygen atoms in total. The average molecular weight is 566 g/mol. The second-order valence-electron chi connectivity index (χ2n) is 11.0. The zero-order chi connectivity index (χ0) is 28.5. The molecule has 1 saturated carbocycles. The smallest absolute Gasteiger partial charge is 0.410 e.